The van der Waals surface area contributed by atoms with E-state index in [1.165, 1.54) is 44.9 Å². The minimum Gasteiger partial charge on any atom is -0.726 e. The van der Waals surface area contributed by atoms with Crippen molar-refractivity contribution in [3.05, 3.63) is 115 Å². The number of allylic oxidation sites excluding steroid dienone is 12. The van der Waals surface area contributed by atoms with Crippen LogP contribution in [0.5, 0.6) is 0 Å². The van der Waals surface area contributed by atoms with E-state index < -0.39 is 170 Å². The van der Waals surface area contributed by atoms with E-state index in [4.69, 9.17) is 35.2 Å². The van der Waals surface area contributed by atoms with Gasteiger partial charge in [-0.25, -0.2) is 8.42 Å². The minimum atomic E-state index is -4.48. The molecule has 0 aromatic heterocycles. The molecule has 14 unspecified atom stereocenters. The molecule has 0 saturated carbocycles. The molecular weight excluding hydrogens is 1300 g/mol. The molecule has 1 aromatic rings. The van der Waals surface area contributed by atoms with E-state index in [1.807, 2.05) is 19.9 Å². The number of methoxy groups -OCH3 is 1. The van der Waals surface area contributed by atoms with Gasteiger partial charge in [0.15, 0.2) is 17.9 Å². The molecule has 0 radical (unpaired) electrons. The molecule has 14 N–H and O–H groups in total. The van der Waals surface area contributed by atoms with Crippen molar-refractivity contribution in [2.75, 3.05) is 19.5 Å². The van der Waals surface area contributed by atoms with Gasteiger partial charge in [0, 0.05) is 55.7 Å². The van der Waals surface area contributed by atoms with Gasteiger partial charge < -0.3 is 90.8 Å². The van der Waals surface area contributed by atoms with Crippen molar-refractivity contribution in [3.63, 3.8) is 0 Å². The number of unbranched alkanes of at least 4 members (excludes halogenated alkanes) is 9. The molecule has 0 spiro atoms. The summed E-state index contributed by atoms with van der Waals surface area (Å²) < 4.78 is 63.4. The zero-order chi connectivity index (χ0) is 72.1. The number of aliphatic hydroxyl groups is 10. The quantitative estimate of drug-likeness (QED) is 0.0151. The summed E-state index contributed by atoms with van der Waals surface area (Å²) in [7, 11) is -3.38. The van der Waals surface area contributed by atoms with Crippen molar-refractivity contribution in [3.8, 4) is 0 Å². The van der Waals surface area contributed by atoms with E-state index >= 15 is 0 Å². The zero-order valence-corrected chi connectivity index (χ0v) is 60.7. The number of hydrogen-bond acceptors (Lipinski definition) is 25. The number of cyclic esters (lactones) is 1. The normalized spacial score (nSPS) is 33.1. The monoisotopic (exact) mass is 1410 g/mol. The molecule has 2 bridgehead atoms. The number of carbonyl (C=O) groups excluding carboxylic acids is 4. The summed E-state index contributed by atoms with van der Waals surface area (Å²) >= 11 is 0. The number of ketones is 2. The predicted octanol–water partition coefficient (Wildman–Crippen LogP) is 2.76. The van der Waals surface area contributed by atoms with Crippen LogP contribution < -0.4 is 41.0 Å². The number of hydrogen-bond donors (Lipinski definition) is 12. The Labute approximate surface area is 601 Å². The van der Waals surface area contributed by atoms with Crippen LogP contribution >= 0.6 is 0 Å². The number of benzene rings is 1. The predicted molar refractivity (Wildman–Crippen MR) is 362 cm³/mol. The number of fused-ring (bicyclic) bond motifs is 2. The largest absolute Gasteiger partial charge is 1.00 e. The van der Waals surface area contributed by atoms with E-state index in [9.17, 15) is 83.2 Å². The Morgan fingerprint density at radius 2 is 1.21 bits per heavy atom. The fourth-order valence-corrected chi connectivity index (χ4v) is 12.1. The molecule has 2 saturated heterocycles. The first-order valence-electron chi connectivity index (χ1n) is 34.0. The Morgan fingerprint density at radius 3 is 1.78 bits per heavy atom. The fourth-order valence-electron chi connectivity index (χ4n) is 11.8. The Morgan fingerprint density at radius 1 is 0.694 bits per heavy atom. The SMILES string of the molecule is CCCCCCCCCCCCOS(=O)(=O)[O-].COC(=O)C1C(O)CC2(O)CC(O)CC(O)CC(O)CC(O)CC(=O)CC(O)CC(=O)OC(C(C)CCC(O)CC(=O)c3ccc(N)cc3)C(C)/C=C/C=C/C=C/C=C/C=C/C=C/C=C/C(O[C@@H]3O[C@H](C)[C@@H](O)[C@H](N)[C@@H]3O)CC1O2.[Na+]. The Kier molecular flexibility index (Phi) is 44.6. The first-order valence-corrected chi connectivity index (χ1v) is 35.3. The van der Waals surface area contributed by atoms with Crippen LogP contribution in [-0.2, 0) is 52.7 Å². The number of nitrogens with two attached hydrogens (primary N) is 2. The number of nitrogen functional groups attached to an aromatic ring is 1. The van der Waals surface area contributed by atoms with Crippen molar-refractivity contribution >= 4 is 39.6 Å². The first-order chi connectivity index (χ1) is 45.9. The van der Waals surface area contributed by atoms with Crippen molar-refractivity contribution < 1.29 is 141 Å². The molecule has 0 aliphatic carbocycles. The summed E-state index contributed by atoms with van der Waals surface area (Å²) in [6.07, 6.45) is 14.5. The summed E-state index contributed by atoms with van der Waals surface area (Å²) in [6, 6.07) is 5.24. The molecule has 3 aliphatic rings. The van der Waals surface area contributed by atoms with Gasteiger partial charge in [-0.1, -0.05) is 164 Å². The van der Waals surface area contributed by atoms with Gasteiger partial charge in [0.1, 0.15) is 23.9 Å². The number of rotatable bonds is 22. The maximum absolute atomic E-state index is 13.3. The number of esters is 2. The third kappa shape index (κ3) is 37.1. The van der Waals surface area contributed by atoms with Crippen molar-refractivity contribution in [2.45, 2.75) is 266 Å². The summed E-state index contributed by atoms with van der Waals surface area (Å²) in [6.45, 7) is 7.47. The molecule has 550 valence electrons. The van der Waals surface area contributed by atoms with Crippen LogP contribution in [0.2, 0.25) is 0 Å². The summed E-state index contributed by atoms with van der Waals surface area (Å²) in [4.78, 5) is 52.2. The van der Waals surface area contributed by atoms with Crippen LogP contribution in [0.25, 0.3) is 0 Å². The standard InChI is InChI=1S/C59H86N2O19.C12H26O4S.Na/c1-35-17-15-13-11-9-7-5-6-8-10-12-14-16-18-47(78-58-55(73)53(61)54(72)37(3)77-58)32-50-52(57(74)76-4)49(70)34-59(75,80-50)33-46(68)29-44(66)27-42(64)25-41(63)26-43(65)28-45(67)31-51(71)79-56(35)36(2)19-24-40(62)30-48(69)38-20-22-39(60)23-21-38;1-2-3-4-5-6-7-8-9-10-11-12-16-17(13,14)15;/h5-18,20-23,35-37,40-42,44-47,49-50,52-56,58,62-64,66-68,70,72-73,75H,19,24-34,60-61H2,1-4H3;2-12H2,1H3,(H,13,14,15);/q;;+1/p-1/b6-5+,9-7+,10-8+,13-11+,14-12+,17-15+,18-16+;;/t35?,36?,37-,40?,41?,42?,44?,45?,46?,47?,49?,50?,52?,53+,54-,55+,56?,58+,59?;;/m1../s1. The van der Waals surface area contributed by atoms with Gasteiger partial charge in [-0.05, 0) is 75.6 Å². The number of carbonyl (C=O) groups is 4. The zero-order valence-electron chi connectivity index (χ0n) is 57.9. The van der Waals surface area contributed by atoms with Crippen LogP contribution in [-0.4, -0.2) is 199 Å². The maximum atomic E-state index is 13.3. The van der Waals surface area contributed by atoms with Crippen LogP contribution in [0.1, 0.15) is 179 Å². The molecule has 2 fully saturated rings. The number of anilines is 1. The van der Waals surface area contributed by atoms with Crippen LogP contribution in [0.3, 0.4) is 0 Å². The Hall–Kier alpha value is -4.21. The van der Waals surface area contributed by atoms with E-state index in [-0.39, 0.29) is 85.9 Å². The topological polar surface area (TPSA) is 435 Å². The Balaban J connectivity index is 0.00000159. The van der Waals surface area contributed by atoms with Gasteiger partial charge in [-0.3, -0.25) is 23.4 Å². The summed E-state index contributed by atoms with van der Waals surface area (Å²) in [5.74, 6) is -6.91. The fraction of sp³-hybridized carbons (Fsp3) is 0.662. The van der Waals surface area contributed by atoms with Gasteiger partial charge >= 0.3 is 41.5 Å². The summed E-state index contributed by atoms with van der Waals surface area (Å²) in [5.41, 5.74) is 12.7. The van der Waals surface area contributed by atoms with Crippen molar-refractivity contribution in [1.29, 1.82) is 0 Å². The van der Waals surface area contributed by atoms with E-state index in [1.54, 1.807) is 110 Å². The second-order valence-electron chi connectivity index (χ2n) is 25.8. The smallest absolute Gasteiger partial charge is 0.726 e. The van der Waals surface area contributed by atoms with Gasteiger partial charge in [0.05, 0.1) is 93.3 Å². The van der Waals surface area contributed by atoms with Gasteiger partial charge in [-0.2, -0.15) is 0 Å². The summed E-state index contributed by atoms with van der Waals surface area (Å²) in [5, 5.41) is 109. The first kappa shape index (κ1) is 89.9. The number of aliphatic hydroxyl groups excluding tert-OH is 9. The minimum absolute atomic E-state index is 0. The number of Topliss-reactive ketones (excluding diaryl/α,β-unsaturated/α-hetero) is 2. The molecule has 4 rings (SSSR count). The van der Waals surface area contributed by atoms with E-state index in [2.05, 4.69) is 11.1 Å². The third-order valence-corrected chi connectivity index (χ3v) is 17.5. The van der Waals surface area contributed by atoms with Gasteiger partial charge in [0.25, 0.3) is 0 Å². The molecule has 27 heteroatoms. The van der Waals surface area contributed by atoms with Crippen molar-refractivity contribution in [1.82, 2.24) is 0 Å². The molecule has 3 heterocycles. The Bertz CT molecular complexity index is 2780. The van der Waals surface area contributed by atoms with Crippen molar-refractivity contribution in [2.24, 2.45) is 23.5 Å². The van der Waals surface area contributed by atoms with E-state index in [0.717, 1.165) is 20.0 Å². The average molecular weight is 1420 g/mol. The van der Waals surface area contributed by atoms with Gasteiger partial charge in [0.2, 0.25) is 10.4 Å². The van der Waals surface area contributed by atoms with Crippen LogP contribution in [0.15, 0.2) is 109 Å². The molecule has 1 aromatic carbocycles. The third-order valence-electron chi connectivity index (χ3n) is 17.0. The molecular formula is C71H111N2NaO23S. The second kappa shape index (κ2) is 48.6. The molecule has 19 atom stereocenters. The second-order valence-corrected chi connectivity index (χ2v) is 26.9. The molecule has 3 aliphatic heterocycles. The molecule has 0 amide bonds. The van der Waals surface area contributed by atoms with Crippen LogP contribution in [0.4, 0.5) is 5.69 Å². The van der Waals surface area contributed by atoms with E-state index in [0.29, 0.717) is 24.1 Å². The van der Waals surface area contributed by atoms with Crippen LogP contribution in [0, 0.1) is 17.8 Å². The van der Waals surface area contributed by atoms with Gasteiger partial charge in [-0.15, -0.1) is 0 Å². The maximum Gasteiger partial charge on any atom is 1.00 e. The number of ether oxygens (including phenoxy) is 5. The average Bonchev–Trinajstić information content (AvgIpc) is 0.797. The molecule has 98 heavy (non-hydrogen) atoms. The molecule has 25 nitrogen and oxygen atoms in total.